The Hall–Kier alpha value is -0.830. The van der Waals surface area contributed by atoms with Crippen molar-refractivity contribution in [3.63, 3.8) is 0 Å². The molecule has 0 saturated carbocycles. The van der Waals surface area contributed by atoms with E-state index in [1.165, 1.54) is 11.8 Å². The summed E-state index contributed by atoms with van der Waals surface area (Å²) < 4.78 is 18.3. The molecule has 3 heteroatoms. The van der Waals surface area contributed by atoms with Crippen LogP contribution in [0.25, 0.3) is 0 Å². The highest BCUT2D eigenvalue weighted by atomic mass is 32.2. The number of benzene rings is 1. The Morgan fingerprint density at radius 1 is 1.31 bits per heavy atom. The van der Waals surface area contributed by atoms with Gasteiger partial charge in [-0.2, -0.15) is 0 Å². The third-order valence-corrected chi connectivity index (χ3v) is 2.91. The van der Waals surface area contributed by atoms with Gasteiger partial charge < -0.3 is 0 Å². The maximum Gasteiger partial charge on any atom is 0.0412 e. The van der Waals surface area contributed by atoms with E-state index in [0.29, 0.717) is 5.75 Å². The standard InChI is InChI=1S/C10H15NOS/c1-13(11,12)9-5-8-10-6-3-2-4-7-10/h2-4,6-7,11H,5,8-9H2,1H3. The van der Waals surface area contributed by atoms with E-state index in [4.69, 9.17) is 4.78 Å². The molecule has 0 amide bonds. The first kappa shape index (κ1) is 10.3. The van der Waals surface area contributed by atoms with E-state index in [-0.39, 0.29) is 0 Å². The van der Waals surface area contributed by atoms with Crippen LogP contribution >= 0.6 is 0 Å². The van der Waals surface area contributed by atoms with Crippen molar-refractivity contribution in [1.29, 1.82) is 4.78 Å². The van der Waals surface area contributed by atoms with E-state index in [1.54, 1.807) is 0 Å². The average molecular weight is 197 g/mol. The predicted molar refractivity (Wildman–Crippen MR) is 56.4 cm³/mol. The predicted octanol–water partition coefficient (Wildman–Crippen LogP) is 2.30. The summed E-state index contributed by atoms with van der Waals surface area (Å²) in [5.41, 5.74) is 1.26. The van der Waals surface area contributed by atoms with Gasteiger partial charge in [-0.25, -0.2) is 0 Å². The number of aryl methyl sites for hydroxylation is 1. The Morgan fingerprint density at radius 3 is 2.46 bits per heavy atom. The maximum absolute atomic E-state index is 11.0. The van der Waals surface area contributed by atoms with Gasteiger partial charge in [-0.15, -0.1) is 0 Å². The smallest absolute Gasteiger partial charge is 0.0412 e. The number of hydrogen-bond donors (Lipinski definition) is 1. The Morgan fingerprint density at radius 2 is 1.92 bits per heavy atom. The normalized spacial score (nSPS) is 15.2. The second-order valence-electron chi connectivity index (χ2n) is 3.30. The van der Waals surface area contributed by atoms with Gasteiger partial charge in [-0.3, -0.25) is 8.99 Å². The summed E-state index contributed by atoms with van der Waals surface area (Å²) in [5.74, 6) is 0.502. The lowest BCUT2D eigenvalue weighted by Crippen LogP contribution is -2.02. The first-order valence-corrected chi connectivity index (χ1v) is 6.47. The molecule has 0 spiro atoms. The van der Waals surface area contributed by atoms with Gasteiger partial charge in [-0.05, 0) is 18.4 Å². The van der Waals surface area contributed by atoms with Crippen LogP contribution in [0.4, 0.5) is 0 Å². The Balaban J connectivity index is 2.37. The summed E-state index contributed by atoms with van der Waals surface area (Å²) in [6.45, 7) is 0. The molecule has 1 rings (SSSR count). The van der Waals surface area contributed by atoms with Crippen LogP contribution in [0.3, 0.4) is 0 Å². The minimum atomic E-state index is -2.29. The summed E-state index contributed by atoms with van der Waals surface area (Å²) in [5, 5.41) is 0. The third-order valence-electron chi connectivity index (χ3n) is 1.84. The summed E-state index contributed by atoms with van der Waals surface area (Å²) >= 11 is 0. The Bertz CT molecular complexity index is 342. The van der Waals surface area contributed by atoms with Crippen molar-refractivity contribution in [2.24, 2.45) is 0 Å². The first-order chi connectivity index (χ1) is 6.08. The SMILES string of the molecule is CS(=N)(=O)CCCc1ccccc1. The van der Waals surface area contributed by atoms with Gasteiger partial charge in [-0.1, -0.05) is 30.3 Å². The summed E-state index contributed by atoms with van der Waals surface area (Å²) in [6, 6.07) is 10.1. The molecule has 0 aliphatic heterocycles. The third kappa shape index (κ3) is 4.68. The Kier molecular flexibility index (Phi) is 3.48. The quantitative estimate of drug-likeness (QED) is 0.790. The molecule has 1 atom stereocenters. The second-order valence-corrected chi connectivity index (χ2v) is 5.72. The monoisotopic (exact) mass is 197 g/mol. The van der Waals surface area contributed by atoms with Crippen LogP contribution in [0.5, 0.6) is 0 Å². The van der Waals surface area contributed by atoms with Crippen LogP contribution in [0.15, 0.2) is 30.3 Å². The molecule has 1 N–H and O–H groups in total. The highest BCUT2D eigenvalue weighted by molar-refractivity contribution is 7.91. The van der Waals surface area contributed by atoms with Crippen LogP contribution in [0.1, 0.15) is 12.0 Å². The lowest BCUT2D eigenvalue weighted by Gasteiger charge is -2.01. The van der Waals surface area contributed by atoms with Crippen molar-refractivity contribution < 1.29 is 4.21 Å². The second kappa shape index (κ2) is 4.42. The molecule has 1 aromatic carbocycles. The Labute approximate surface area is 80.0 Å². The molecule has 0 aromatic heterocycles. The zero-order valence-corrected chi connectivity index (χ0v) is 8.64. The number of hydrogen-bond acceptors (Lipinski definition) is 2. The zero-order valence-electron chi connectivity index (χ0n) is 7.82. The molecule has 2 nitrogen and oxygen atoms in total. The lowest BCUT2D eigenvalue weighted by molar-refractivity contribution is 0.676. The van der Waals surface area contributed by atoms with Crippen LogP contribution in [-0.4, -0.2) is 16.2 Å². The molecule has 1 aromatic rings. The van der Waals surface area contributed by atoms with Crippen molar-refractivity contribution in [3.05, 3.63) is 35.9 Å². The number of nitrogens with one attached hydrogen (secondary N) is 1. The molecule has 1 unspecified atom stereocenters. The summed E-state index contributed by atoms with van der Waals surface area (Å²) in [6.07, 6.45) is 3.26. The van der Waals surface area contributed by atoms with E-state index < -0.39 is 9.73 Å². The summed E-state index contributed by atoms with van der Waals surface area (Å²) in [4.78, 5) is 0. The van der Waals surface area contributed by atoms with Crippen molar-refractivity contribution in [2.45, 2.75) is 12.8 Å². The molecule has 72 valence electrons. The van der Waals surface area contributed by atoms with Gasteiger partial charge in [0.2, 0.25) is 0 Å². The first-order valence-electron chi connectivity index (χ1n) is 4.33. The topological polar surface area (TPSA) is 40.9 Å². The fraction of sp³-hybridized carbons (Fsp3) is 0.400. The molecule has 0 aliphatic rings. The van der Waals surface area contributed by atoms with Crippen LogP contribution in [0, 0.1) is 4.78 Å². The zero-order chi connectivity index (χ0) is 9.73. The van der Waals surface area contributed by atoms with Crippen LogP contribution < -0.4 is 0 Å². The van der Waals surface area contributed by atoms with Gasteiger partial charge in [0.05, 0.1) is 0 Å². The average Bonchev–Trinajstić information content (AvgIpc) is 2.04. The fourth-order valence-corrected chi connectivity index (χ4v) is 1.89. The molecular weight excluding hydrogens is 182 g/mol. The molecule has 0 aliphatic carbocycles. The highest BCUT2D eigenvalue weighted by Crippen LogP contribution is 2.03. The molecule has 0 radical (unpaired) electrons. The van der Waals surface area contributed by atoms with Gasteiger partial charge in [0, 0.05) is 21.7 Å². The van der Waals surface area contributed by atoms with E-state index in [0.717, 1.165) is 12.8 Å². The minimum Gasteiger partial charge on any atom is -0.253 e. The van der Waals surface area contributed by atoms with E-state index >= 15 is 0 Å². The molecule has 0 fully saturated rings. The van der Waals surface area contributed by atoms with Crippen molar-refractivity contribution >= 4 is 9.73 Å². The molecule has 0 bridgehead atoms. The molecule has 0 saturated heterocycles. The van der Waals surface area contributed by atoms with Crippen molar-refractivity contribution in [2.75, 3.05) is 12.0 Å². The van der Waals surface area contributed by atoms with Gasteiger partial charge in [0.15, 0.2) is 0 Å². The lowest BCUT2D eigenvalue weighted by atomic mass is 10.1. The maximum atomic E-state index is 11.0. The fourth-order valence-electron chi connectivity index (χ4n) is 1.20. The van der Waals surface area contributed by atoms with E-state index in [1.807, 2.05) is 18.2 Å². The largest absolute Gasteiger partial charge is 0.253 e. The van der Waals surface area contributed by atoms with Gasteiger partial charge in [0.25, 0.3) is 0 Å². The number of rotatable bonds is 4. The van der Waals surface area contributed by atoms with Gasteiger partial charge in [0.1, 0.15) is 0 Å². The van der Waals surface area contributed by atoms with Crippen molar-refractivity contribution in [1.82, 2.24) is 0 Å². The van der Waals surface area contributed by atoms with Gasteiger partial charge >= 0.3 is 0 Å². The molecular formula is C10H15NOS. The molecule has 0 heterocycles. The minimum absolute atomic E-state index is 0.502. The highest BCUT2D eigenvalue weighted by Gasteiger charge is 1.97. The molecule has 13 heavy (non-hydrogen) atoms. The van der Waals surface area contributed by atoms with Crippen molar-refractivity contribution in [3.8, 4) is 0 Å². The van der Waals surface area contributed by atoms with E-state index in [2.05, 4.69) is 12.1 Å². The van der Waals surface area contributed by atoms with E-state index in [9.17, 15) is 4.21 Å². The van der Waals surface area contributed by atoms with Crippen LogP contribution in [0.2, 0.25) is 0 Å². The summed E-state index contributed by atoms with van der Waals surface area (Å²) in [7, 11) is -2.29. The van der Waals surface area contributed by atoms with Crippen LogP contribution in [-0.2, 0) is 16.1 Å².